The molecule has 0 aromatic rings. The maximum absolute atomic E-state index is 12.8. The molecular weight excluding hydrogens is 384 g/mol. The van der Waals surface area contributed by atoms with E-state index in [4.69, 9.17) is 10.8 Å². The van der Waals surface area contributed by atoms with E-state index < -0.39 is 42.5 Å². The molecule has 5 N–H and O–H groups in total. The lowest BCUT2D eigenvalue weighted by atomic mass is 10.0. The van der Waals surface area contributed by atoms with Crippen molar-refractivity contribution in [3.63, 3.8) is 0 Å². The van der Waals surface area contributed by atoms with Crippen LogP contribution < -0.4 is 16.4 Å². The molecule has 1 aliphatic rings. The Morgan fingerprint density at radius 3 is 2.54 bits per heavy atom. The summed E-state index contributed by atoms with van der Waals surface area (Å²) in [5.41, 5.74) is 6.00. The van der Waals surface area contributed by atoms with Crippen molar-refractivity contribution in [2.24, 2.45) is 11.7 Å². The molecule has 0 spiro atoms. The molecule has 9 nitrogen and oxygen atoms in total. The van der Waals surface area contributed by atoms with Gasteiger partial charge in [-0.15, -0.1) is 0 Å². The Morgan fingerprint density at radius 1 is 1.29 bits per heavy atom. The Labute approximate surface area is 170 Å². The summed E-state index contributed by atoms with van der Waals surface area (Å²) >= 11 is 1.52. The summed E-state index contributed by atoms with van der Waals surface area (Å²) in [5.74, 6) is -1.46. The van der Waals surface area contributed by atoms with E-state index in [0.717, 1.165) is 0 Å². The number of nitrogens with two attached hydrogens (primary N) is 1. The SMILES string of the molecule is CSCCC(NC(=O)C1CCCN1C(=O)C(N)CC(C)C)C(=O)NCC(=O)O. The van der Waals surface area contributed by atoms with Crippen LogP contribution in [0.4, 0.5) is 0 Å². The number of aliphatic carboxylic acids is 1. The minimum Gasteiger partial charge on any atom is -0.480 e. The number of thioether (sulfide) groups is 1. The van der Waals surface area contributed by atoms with Crippen LogP contribution >= 0.6 is 11.8 Å². The predicted octanol–water partition coefficient (Wildman–Crippen LogP) is -0.210. The minimum atomic E-state index is -1.16. The van der Waals surface area contributed by atoms with Crippen molar-refractivity contribution in [1.29, 1.82) is 0 Å². The van der Waals surface area contributed by atoms with Crippen molar-refractivity contribution >= 4 is 35.5 Å². The maximum atomic E-state index is 12.8. The number of carbonyl (C=O) groups is 4. The molecule has 3 atom stereocenters. The number of nitrogens with zero attached hydrogens (tertiary/aromatic N) is 1. The summed E-state index contributed by atoms with van der Waals surface area (Å²) in [6.45, 7) is 3.91. The lowest BCUT2D eigenvalue weighted by Crippen LogP contribution is -2.55. The Kier molecular flexibility index (Phi) is 10.3. The van der Waals surface area contributed by atoms with Crippen molar-refractivity contribution in [3.8, 4) is 0 Å². The molecule has 0 aromatic carbocycles. The van der Waals surface area contributed by atoms with Gasteiger partial charge in [-0.2, -0.15) is 11.8 Å². The Bertz CT molecular complexity index is 572. The van der Waals surface area contributed by atoms with E-state index >= 15 is 0 Å². The van der Waals surface area contributed by atoms with E-state index in [1.807, 2.05) is 20.1 Å². The van der Waals surface area contributed by atoms with Gasteiger partial charge in [-0.3, -0.25) is 19.2 Å². The first-order chi connectivity index (χ1) is 13.2. The smallest absolute Gasteiger partial charge is 0.322 e. The highest BCUT2D eigenvalue weighted by Gasteiger charge is 2.37. The fourth-order valence-electron chi connectivity index (χ4n) is 3.18. The van der Waals surface area contributed by atoms with Gasteiger partial charge in [0.05, 0.1) is 6.04 Å². The Balaban J connectivity index is 2.77. The van der Waals surface area contributed by atoms with Crippen LogP contribution in [0.25, 0.3) is 0 Å². The Hall–Kier alpha value is -1.81. The van der Waals surface area contributed by atoms with E-state index in [1.165, 1.54) is 16.7 Å². The van der Waals surface area contributed by atoms with Gasteiger partial charge >= 0.3 is 5.97 Å². The van der Waals surface area contributed by atoms with Gasteiger partial charge in [0.15, 0.2) is 0 Å². The van der Waals surface area contributed by atoms with Gasteiger partial charge in [0, 0.05) is 6.54 Å². The van der Waals surface area contributed by atoms with Crippen molar-refractivity contribution in [1.82, 2.24) is 15.5 Å². The molecule has 28 heavy (non-hydrogen) atoms. The highest BCUT2D eigenvalue weighted by atomic mass is 32.2. The van der Waals surface area contributed by atoms with Gasteiger partial charge in [-0.05, 0) is 43.6 Å². The van der Waals surface area contributed by atoms with Crippen LogP contribution in [0, 0.1) is 5.92 Å². The molecule has 1 saturated heterocycles. The van der Waals surface area contributed by atoms with E-state index in [1.54, 1.807) is 0 Å². The summed E-state index contributed by atoms with van der Waals surface area (Å²) in [6.07, 6.45) is 3.99. The molecule has 0 radical (unpaired) electrons. The molecule has 0 saturated carbocycles. The largest absolute Gasteiger partial charge is 0.480 e. The molecule has 1 fully saturated rings. The second-order valence-electron chi connectivity index (χ2n) is 7.38. The van der Waals surface area contributed by atoms with E-state index in [0.29, 0.717) is 38.0 Å². The van der Waals surface area contributed by atoms with Crippen molar-refractivity contribution in [3.05, 3.63) is 0 Å². The van der Waals surface area contributed by atoms with E-state index in [2.05, 4.69) is 10.6 Å². The van der Waals surface area contributed by atoms with E-state index in [-0.39, 0.29) is 11.8 Å². The summed E-state index contributed by atoms with van der Waals surface area (Å²) in [4.78, 5) is 49.8. The average Bonchev–Trinajstić information content (AvgIpc) is 3.11. The number of carbonyl (C=O) groups excluding carboxylic acids is 3. The topological polar surface area (TPSA) is 142 Å². The third kappa shape index (κ3) is 7.67. The van der Waals surface area contributed by atoms with Gasteiger partial charge in [-0.25, -0.2) is 0 Å². The number of carboxylic acids is 1. The molecule has 1 aliphatic heterocycles. The lowest BCUT2D eigenvalue weighted by molar-refractivity contribution is -0.141. The van der Waals surface area contributed by atoms with Gasteiger partial charge in [0.2, 0.25) is 17.7 Å². The zero-order valence-electron chi connectivity index (χ0n) is 16.8. The Morgan fingerprint density at radius 2 is 1.96 bits per heavy atom. The van der Waals surface area contributed by atoms with Crippen molar-refractivity contribution in [2.45, 2.75) is 57.7 Å². The molecule has 3 amide bonds. The highest BCUT2D eigenvalue weighted by Crippen LogP contribution is 2.20. The third-order valence-electron chi connectivity index (χ3n) is 4.54. The predicted molar refractivity (Wildman–Crippen MR) is 108 cm³/mol. The quantitative estimate of drug-likeness (QED) is 0.365. The molecule has 10 heteroatoms. The fourth-order valence-corrected chi connectivity index (χ4v) is 3.65. The normalized spacial score (nSPS) is 18.6. The lowest BCUT2D eigenvalue weighted by Gasteiger charge is -2.28. The number of hydrogen-bond acceptors (Lipinski definition) is 6. The summed E-state index contributed by atoms with van der Waals surface area (Å²) < 4.78 is 0. The van der Waals surface area contributed by atoms with Gasteiger partial charge in [0.25, 0.3) is 0 Å². The highest BCUT2D eigenvalue weighted by molar-refractivity contribution is 7.98. The first-order valence-electron chi connectivity index (χ1n) is 9.52. The summed E-state index contributed by atoms with van der Waals surface area (Å²) in [6, 6.07) is -2.16. The number of rotatable bonds is 11. The third-order valence-corrected chi connectivity index (χ3v) is 5.18. The number of amides is 3. The number of likely N-dealkylation sites (tertiary alicyclic amines) is 1. The zero-order valence-corrected chi connectivity index (χ0v) is 17.6. The molecular formula is C18H32N4O5S. The molecule has 0 aromatic heterocycles. The number of hydrogen-bond donors (Lipinski definition) is 4. The second kappa shape index (κ2) is 11.9. The second-order valence-corrected chi connectivity index (χ2v) is 8.37. The summed E-state index contributed by atoms with van der Waals surface area (Å²) in [5, 5.41) is 13.7. The summed E-state index contributed by atoms with van der Waals surface area (Å²) in [7, 11) is 0. The van der Waals surface area contributed by atoms with Crippen LogP contribution in [0.2, 0.25) is 0 Å². The average molecular weight is 417 g/mol. The molecule has 160 valence electrons. The number of nitrogens with one attached hydrogen (secondary N) is 2. The molecule has 0 bridgehead atoms. The standard InChI is InChI=1S/C18H32N4O5S/c1-11(2)9-12(19)18(27)22-7-4-5-14(22)17(26)21-13(6-8-28-3)16(25)20-10-15(23)24/h11-14H,4-10,19H2,1-3H3,(H,20,25)(H,21,26)(H,23,24). The van der Waals surface area contributed by atoms with Gasteiger partial charge in [0.1, 0.15) is 18.6 Å². The maximum Gasteiger partial charge on any atom is 0.322 e. The van der Waals surface area contributed by atoms with Crippen molar-refractivity contribution < 1.29 is 24.3 Å². The van der Waals surface area contributed by atoms with Gasteiger partial charge in [-0.1, -0.05) is 13.8 Å². The van der Waals surface area contributed by atoms with Crippen LogP contribution in [-0.2, 0) is 19.2 Å². The molecule has 1 rings (SSSR count). The van der Waals surface area contributed by atoms with E-state index in [9.17, 15) is 19.2 Å². The van der Waals surface area contributed by atoms with Crippen LogP contribution in [-0.4, -0.2) is 76.9 Å². The monoisotopic (exact) mass is 416 g/mol. The fraction of sp³-hybridized carbons (Fsp3) is 0.778. The zero-order chi connectivity index (χ0) is 21.3. The first kappa shape index (κ1) is 24.2. The number of carboxylic acid groups (broad SMARTS) is 1. The van der Waals surface area contributed by atoms with Crippen LogP contribution in [0.15, 0.2) is 0 Å². The van der Waals surface area contributed by atoms with Crippen LogP contribution in [0.3, 0.4) is 0 Å². The molecule has 0 aliphatic carbocycles. The van der Waals surface area contributed by atoms with Crippen LogP contribution in [0.5, 0.6) is 0 Å². The van der Waals surface area contributed by atoms with Crippen molar-refractivity contribution in [2.75, 3.05) is 25.1 Å². The molecule has 3 unspecified atom stereocenters. The van der Waals surface area contributed by atoms with Crippen LogP contribution in [0.1, 0.15) is 39.5 Å². The molecule has 1 heterocycles. The minimum absolute atomic E-state index is 0.248. The van der Waals surface area contributed by atoms with Gasteiger partial charge < -0.3 is 26.4 Å². The first-order valence-corrected chi connectivity index (χ1v) is 10.9.